The van der Waals surface area contributed by atoms with Crippen LogP contribution in [-0.2, 0) is 10.1 Å². The van der Waals surface area contributed by atoms with Crippen LogP contribution in [0.4, 0.5) is 13.2 Å². The molecule has 1 aromatic carbocycles. The number of alkyl halides is 3. The number of quaternary nitrogens is 1. The first-order valence-corrected chi connectivity index (χ1v) is 6.40. The molecule has 0 aliphatic heterocycles. The average molecular weight is 299 g/mol. The smallest absolute Gasteiger partial charge is 0.485 e. The molecule has 108 valence electrons. The monoisotopic (exact) mass is 299 g/mol. The molecule has 9 heteroatoms. The fourth-order valence-electron chi connectivity index (χ4n) is 0.929. The molecule has 0 aromatic heterocycles. The lowest BCUT2D eigenvalue weighted by atomic mass is 10.1. The Kier molecular flexibility index (Phi) is 6.67. The number of carbonyl (C=O) groups excluding carboxylic acids is 1. The Morgan fingerprint density at radius 2 is 1.63 bits per heavy atom. The molecule has 0 spiro atoms. The minimum Gasteiger partial charge on any atom is -0.741 e. The van der Waals surface area contributed by atoms with Crippen LogP contribution < -0.4 is 5.73 Å². The maximum absolute atomic E-state index is 11.2. The van der Waals surface area contributed by atoms with Gasteiger partial charge in [0.05, 0.1) is 13.0 Å². The molecule has 0 aliphatic carbocycles. The minimum absolute atomic E-state index is 0.181. The number of hydrogen-bond acceptors (Lipinski definition) is 4. The number of hydrogen-bond donors (Lipinski definition) is 1. The molecule has 5 nitrogen and oxygen atoms in total. The molecule has 1 aromatic rings. The highest BCUT2D eigenvalue weighted by atomic mass is 32.2. The lowest BCUT2D eigenvalue weighted by molar-refractivity contribution is -0.365. The molecular weight excluding hydrogens is 287 g/mol. The highest BCUT2D eigenvalue weighted by Gasteiger charge is 2.36. The van der Waals surface area contributed by atoms with Gasteiger partial charge in [-0.3, -0.25) is 4.79 Å². The normalized spacial score (nSPS) is 11.4. The Hall–Kier alpha value is -1.45. The van der Waals surface area contributed by atoms with Crippen LogP contribution in [0.2, 0.25) is 0 Å². The van der Waals surface area contributed by atoms with Crippen molar-refractivity contribution in [2.24, 2.45) is 0 Å². The van der Waals surface area contributed by atoms with Crippen LogP contribution in [0.5, 0.6) is 0 Å². The van der Waals surface area contributed by atoms with Crippen molar-refractivity contribution in [1.82, 2.24) is 0 Å². The summed E-state index contributed by atoms with van der Waals surface area (Å²) >= 11 is 0. The summed E-state index contributed by atoms with van der Waals surface area (Å²) in [5.41, 5.74) is -1.23. The van der Waals surface area contributed by atoms with Crippen molar-refractivity contribution in [1.29, 1.82) is 0 Å². The summed E-state index contributed by atoms with van der Waals surface area (Å²) in [4.78, 5) is 11.2. The number of ketones is 1. The first kappa shape index (κ1) is 17.6. The minimum atomic E-state index is -6.09. The fraction of sp³-hybridized carbons (Fsp3) is 0.300. The predicted octanol–water partition coefficient (Wildman–Crippen LogP) is 0.553. The second-order valence-corrected chi connectivity index (χ2v) is 4.66. The van der Waals surface area contributed by atoms with Gasteiger partial charge in [-0.2, -0.15) is 13.2 Å². The van der Waals surface area contributed by atoms with E-state index >= 15 is 0 Å². The van der Waals surface area contributed by atoms with Crippen LogP contribution in [-0.4, -0.2) is 30.8 Å². The van der Waals surface area contributed by atoms with E-state index in [0.29, 0.717) is 13.0 Å². The molecule has 0 bridgehead atoms. The summed E-state index contributed by atoms with van der Waals surface area (Å²) in [6.45, 7) is 0.674. The predicted molar refractivity (Wildman–Crippen MR) is 58.9 cm³/mol. The van der Waals surface area contributed by atoms with E-state index in [9.17, 15) is 18.0 Å². The van der Waals surface area contributed by atoms with Gasteiger partial charge < -0.3 is 10.3 Å². The van der Waals surface area contributed by atoms with Crippen molar-refractivity contribution in [2.45, 2.75) is 11.9 Å². The van der Waals surface area contributed by atoms with Crippen molar-refractivity contribution in [3.8, 4) is 0 Å². The second-order valence-electron chi connectivity index (χ2n) is 3.29. The van der Waals surface area contributed by atoms with Crippen LogP contribution >= 0.6 is 0 Å². The number of halogens is 3. The number of rotatable bonds is 3. The van der Waals surface area contributed by atoms with E-state index < -0.39 is 15.6 Å². The van der Waals surface area contributed by atoms with Crippen LogP contribution in [0, 0.1) is 0 Å². The van der Waals surface area contributed by atoms with Crippen LogP contribution in [0.15, 0.2) is 30.3 Å². The molecule has 3 N–H and O–H groups in total. The van der Waals surface area contributed by atoms with Crippen LogP contribution in [0.25, 0.3) is 0 Å². The summed E-state index contributed by atoms with van der Waals surface area (Å²) < 4.78 is 58.9. The third-order valence-electron chi connectivity index (χ3n) is 1.78. The Morgan fingerprint density at radius 1 is 1.21 bits per heavy atom. The first-order valence-electron chi connectivity index (χ1n) is 4.99. The van der Waals surface area contributed by atoms with Gasteiger partial charge in [-0.05, 0) is 0 Å². The van der Waals surface area contributed by atoms with E-state index in [1.165, 1.54) is 0 Å². The van der Waals surface area contributed by atoms with E-state index in [2.05, 4.69) is 5.73 Å². The van der Waals surface area contributed by atoms with E-state index in [1.807, 2.05) is 30.3 Å². The molecule has 0 radical (unpaired) electrons. The highest BCUT2D eigenvalue weighted by Crippen LogP contribution is 2.20. The molecule has 0 saturated carbocycles. The van der Waals surface area contributed by atoms with Crippen molar-refractivity contribution >= 4 is 15.9 Å². The van der Waals surface area contributed by atoms with Gasteiger partial charge in [-0.25, -0.2) is 8.42 Å². The SMILES string of the molecule is O=S(=O)([O-])C(F)(F)F.[NH3+]CCC(=O)c1ccccc1. The lowest BCUT2D eigenvalue weighted by Gasteiger charge is -2.08. The lowest BCUT2D eigenvalue weighted by Crippen LogP contribution is -2.50. The van der Waals surface area contributed by atoms with E-state index in [4.69, 9.17) is 13.0 Å². The van der Waals surface area contributed by atoms with Gasteiger partial charge in [0.2, 0.25) is 0 Å². The largest absolute Gasteiger partial charge is 0.741 e. The highest BCUT2D eigenvalue weighted by molar-refractivity contribution is 7.86. The van der Waals surface area contributed by atoms with Gasteiger partial charge in [-0.1, -0.05) is 30.3 Å². The molecule has 0 heterocycles. The van der Waals surface area contributed by atoms with E-state index in [-0.39, 0.29) is 5.78 Å². The standard InChI is InChI=1S/C9H11NO.CHF3O3S/c10-7-6-9(11)8-4-2-1-3-5-8;2-1(3,4)8(5,6)7/h1-5H,6-7,10H2;(H,5,6,7). The molecule has 19 heavy (non-hydrogen) atoms. The number of Topliss-reactive ketones (excluding diaryl/α,β-unsaturated/α-hetero) is 1. The zero-order chi connectivity index (χ0) is 15.1. The van der Waals surface area contributed by atoms with Crippen molar-refractivity contribution in [3.05, 3.63) is 35.9 Å². The first-order chi connectivity index (χ1) is 8.59. The average Bonchev–Trinajstić information content (AvgIpc) is 2.29. The fourth-order valence-corrected chi connectivity index (χ4v) is 0.929. The van der Waals surface area contributed by atoms with Gasteiger partial charge in [0.15, 0.2) is 15.9 Å². The maximum atomic E-state index is 11.2. The number of carbonyl (C=O) groups is 1. The summed E-state index contributed by atoms with van der Waals surface area (Å²) in [6.07, 6.45) is 0.546. The zero-order valence-corrected chi connectivity index (χ0v) is 10.5. The molecular formula is C10H12F3NO4S. The molecule has 0 unspecified atom stereocenters. The van der Waals surface area contributed by atoms with Gasteiger partial charge >= 0.3 is 5.51 Å². The maximum Gasteiger partial charge on any atom is 0.485 e. The van der Waals surface area contributed by atoms with Gasteiger partial charge in [0.25, 0.3) is 0 Å². The van der Waals surface area contributed by atoms with E-state index in [1.54, 1.807) is 0 Å². The van der Waals surface area contributed by atoms with Crippen molar-refractivity contribution in [3.63, 3.8) is 0 Å². The van der Waals surface area contributed by atoms with Gasteiger partial charge in [0.1, 0.15) is 0 Å². The second kappa shape index (κ2) is 7.22. The molecule has 0 amide bonds. The summed E-state index contributed by atoms with van der Waals surface area (Å²) in [6, 6.07) is 9.31. The van der Waals surface area contributed by atoms with Gasteiger partial charge in [0, 0.05) is 5.56 Å². The Morgan fingerprint density at radius 3 is 1.95 bits per heavy atom. The molecule has 0 atom stereocenters. The Balaban J connectivity index is 0.000000362. The quantitative estimate of drug-likeness (QED) is 0.500. The summed E-state index contributed by atoms with van der Waals surface area (Å²) in [5, 5.41) is 0. The molecule has 0 saturated heterocycles. The van der Waals surface area contributed by atoms with Crippen LogP contribution in [0.3, 0.4) is 0 Å². The summed E-state index contributed by atoms with van der Waals surface area (Å²) in [5.74, 6) is 0.181. The third kappa shape index (κ3) is 6.89. The molecule has 0 aliphatic rings. The summed E-state index contributed by atoms with van der Waals surface area (Å²) in [7, 11) is -6.09. The van der Waals surface area contributed by atoms with E-state index in [0.717, 1.165) is 5.56 Å². The number of benzene rings is 1. The Bertz CT molecular complexity index is 499. The third-order valence-corrected chi connectivity index (χ3v) is 2.35. The van der Waals surface area contributed by atoms with Crippen molar-refractivity contribution in [2.75, 3.05) is 6.54 Å². The Labute approximate surface area is 108 Å². The zero-order valence-electron chi connectivity index (χ0n) is 9.68. The molecule has 1 rings (SSSR count). The van der Waals surface area contributed by atoms with Crippen molar-refractivity contribution < 1.29 is 36.7 Å². The van der Waals surface area contributed by atoms with Crippen LogP contribution in [0.1, 0.15) is 16.8 Å². The van der Waals surface area contributed by atoms with Gasteiger partial charge in [-0.15, -0.1) is 0 Å². The topological polar surface area (TPSA) is 102 Å². The molecule has 0 fully saturated rings.